The summed E-state index contributed by atoms with van der Waals surface area (Å²) in [7, 11) is 0. The highest BCUT2D eigenvalue weighted by Gasteiger charge is 2.40. The number of benzene rings is 2. The van der Waals surface area contributed by atoms with Crippen LogP contribution in [0.25, 0.3) is 16.8 Å². The van der Waals surface area contributed by atoms with Crippen molar-refractivity contribution < 1.29 is 27.5 Å². The first-order chi connectivity index (χ1) is 16.0. The number of nitrogen functional groups attached to an aromatic ring is 1. The number of aliphatic hydroxyl groups is 1. The van der Waals surface area contributed by atoms with Gasteiger partial charge in [-0.25, -0.2) is 22.1 Å². The fraction of sp³-hybridized carbons (Fsp3) is 0.174. The minimum Gasteiger partial charge on any atom is -0.382 e. The molecule has 2 aromatic carbocycles. The molecule has 0 saturated carbocycles. The van der Waals surface area contributed by atoms with Crippen molar-refractivity contribution in [1.82, 2.24) is 19.9 Å². The number of aromatic nitrogens is 3. The maximum absolute atomic E-state index is 14.7. The van der Waals surface area contributed by atoms with Crippen LogP contribution >= 0.6 is 0 Å². The smallest absolute Gasteiger partial charge is 0.294 e. The molecule has 11 heteroatoms. The number of fused-ring (bicyclic) bond motifs is 1. The van der Waals surface area contributed by atoms with E-state index >= 15 is 0 Å². The largest absolute Gasteiger partial charge is 0.382 e. The van der Waals surface area contributed by atoms with Crippen molar-refractivity contribution in [3.05, 3.63) is 83.1 Å². The molecule has 0 saturated heterocycles. The third kappa shape index (κ3) is 4.55. The number of nitrogens with one attached hydrogen (secondary N) is 1. The van der Waals surface area contributed by atoms with Gasteiger partial charge in [0.15, 0.2) is 5.65 Å². The maximum Gasteiger partial charge on any atom is 0.294 e. The van der Waals surface area contributed by atoms with Gasteiger partial charge in [0.25, 0.3) is 11.8 Å². The number of amides is 1. The van der Waals surface area contributed by atoms with E-state index < -0.39 is 36.1 Å². The van der Waals surface area contributed by atoms with E-state index in [1.54, 1.807) is 6.07 Å². The summed E-state index contributed by atoms with van der Waals surface area (Å²) in [6.07, 6.45) is -0.745. The predicted molar refractivity (Wildman–Crippen MR) is 116 cm³/mol. The number of nitrogens with two attached hydrogens (primary N) is 1. The Morgan fingerprint density at radius 3 is 2.59 bits per heavy atom. The Morgan fingerprint density at radius 1 is 1.18 bits per heavy atom. The molecule has 0 bridgehead atoms. The molecule has 1 atom stereocenters. The fourth-order valence-electron chi connectivity index (χ4n) is 3.48. The lowest BCUT2D eigenvalue weighted by molar-refractivity contribution is -0.106. The normalized spacial score (nSPS) is 12.6. The molecule has 1 amide bonds. The van der Waals surface area contributed by atoms with Crippen molar-refractivity contribution in [2.24, 2.45) is 0 Å². The highest BCUT2D eigenvalue weighted by Crippen LogP contribution is 2.31. The van der Waals surface area contributed by atoms with Gasteiger partial charge in [0.2, 0.25) is 5.95 Å². The Hall–Kier alpha value is -3.99. The van der Waals surface area contributed by atoms with Crippen LogP contribution in [0.4, 0.5) is 23.5 Å². The second kappa shape index (κ2) is 8.75. The van der Waals surface area contributed by atoms with E-state index in [2.05, 4.69) is 15.4 Å². The molecule has 0 aliphatic carbocycles. The number of hydrogen-bond donors (Lipinski definition) is 3. The van der Waals surface area contributed by atoms with E-state index in [0.717, 1.165) is 30.3 Å². The molecule has 2 heterocycles. The molecular formula is C23H19F4N5O2. The summed E-state index contributed by atoms with van der Waals surface area (Å²) in [6.45, 7) is 0.275. The molecule has 0 radical (unpaired) electrons. The van der Waals surface area contributed by atoms with Gasteiger partial charge in [-0.2, -0.15) is 4.98 Å². The zero-order valence-corrected chi connectivity index (χ0v) is 17.8. The number of hydrogen-bond acceptors (Lipinski definition) is 5. The van der Waals surface area contributed by atoms with Crippen molar-refractivity contribution >= 4 is 17.5 Å². The Labute approximate surface area is 190 Å². The van der Waals surface area contributed by atoms with E-state index in [4.69, 9.17) is 5.73 Å². The zero-order chi connectivity index (χ0) is 24.6. The SMILES string of the molecule is Cc1cc(F)c(-c2ccn3nc(N)nc3c2)cc1C(=O)NCC(F)(F)[C@@H](O)c1ccc(F)cc1. The number of aryl methyl sites for hydroxylation is 1. The first-order valence-electron chi connectivity index (χ1n) is 10.1. The van der Waals surface area contributed by atoms with Gasteiger partial charge in [-0.05, 0) is 60.0 Å². The van der Waals surface area contributed by atoms with Gasteiger partial charge in [-0.15, -0.1) is 5.10 Å². The van der Waals surface area contributed by atoms with Gasteiger partial charge in [-0.1, -0.05) is 12.1 Å². The molecule has 176 valence electrons. The molecule has 0 aliphatic rings. The summed E-state index contributed by atoms with van der Waals surface area (Å²) in [5.74, 6) is -5.85. The topological polar surface area (TPSA) is 106 Å². The molecule has 0 unspecified atom stereocenters. The first kappa shape index (κ1) is 23.2. The van der Waals surface area contributed by atoms with Crippen LogP contribution in [-0.4, -0.2) is 38.1 Å². The van der Waals surface area contributed by atoms with Crippen LogP contribution in [0.3, 0.4) is 0 Å². The van der Waals surface area contributed by atoms with Crippen LogP contribution in [0.5, 0.6) is 0 Å². The maximum atomic E-state index is 14.7. The van der Waals surface area contributed by atoms with Gasteiger partial charge in [0.1, 0.15) is 17.7 Å². The number of aliphatic hydroxyl groups excluding tert-OH is 1. The molecule has 2 aromatic heterocycles. The number of rotatable bonds is 6. The standard InChI is InChI=1S/C23H19F4N5O2/c1-12-8-18(25)17(14-6-7-32-19(9-14)30-22(28)31-32)10-16(12)21(34)29-11-23(26,27)20(33)13-2-4-15(24)5-3-13/h2-10,20,33H,11H2,1H3,(H2,28,31)(H,29,34)/t20-/m0/s1. The van der Waals surface area contributed by atoms with E-state index in [-0.39, 0.29) is 28.2 Å². The molecule has 34 heavy (non-hydrogen) atoms. The number of halogens is 4. The molecule has 0 fully saturated rings. The van der Waals surface area contributed by atoms with Gasteiger partial charge < -0.3 is 16.2 Å². The highest BCUT2D eigenvalue weighted by atomic mass is 19.3. The fourth-order valence-corrected chi connectivity index (χ4v) is 3.48. The summed E-state index contributed by atoms with van der Waals surface area (Å²) >= 11 is 0. The molecule has 4 rings (SSSR count). The molecule has 7 nitrogen and oxygen atoms in total. The minimum absolute atomic E-state index is 0.0238. The molecular weight excluding hydrogens is 454 g/mol. The van der Waals surface area contributed by atoms with Crippen LogP contribution in [0, 0.1) is 18.6 Å². The summed E-state index contributed by atoms with van der Waals surface area (Å²) in [5, 5.41) is 16.0. The van der Waals surface area contributed by atoms with Gasteiger partial charge in [0, 0.05) is 17.3 Å². The lowest BCUT2D eigenvalue weighted by Crippen LogP contribution is -2.41. The first-order valence-corrected chi connectivity index (χ1v) is 10.1. The monoisotopic (exact) mass is 473 g/mol. The third-order valence-corrected chi connectivity index (χ3v) is 5.29. The molecule has 0 spiro atoms. The predicted octanol–water partition coefficient (Wildman–Crippen LogP) is 3.66. The van der Waals surface area contributed by atoms with Crippen molar-refractivity contribution in [2.45, 2.75) is 19.0 Å². The van der Waals surface area contributed by atoms with Gasteiger partial charge in [0.05, 0.1) is 6.54 Å². The lowest BCUT2D eigenvalue weighted by Gasteiger charge is -2.23. The van der Waals surface area contributed by atoms with Crippen LogP contribution in [0.15, 0.2) is 54.7 Å². The summed E-state index contributed by atoms with van der Waals surface area (Å²) < 4.78 is 58.1. The average Bonchev–Trinajstić information content (AvgIpc) is 3.17. The zero-order valence-electron chi connectivity index (χ0n) is 17.8. The summed E-state index contributed by atoms with van der Waals surface area (Å²) in [5.41, 5.74) is 6.35. The van der Waals surface area contributed by atoms with Crippen LogP contribution in [0.2, 0.25) is 0 Å². The average molecular weight is 473 g/mol. The second-order valence-electron chi connectivity index (χ2n) is 7.73. The molecule has 4 aromatic rings. The Bertz CT molecular complexity index is 1370. The number of anilines is 1. The highest BCUT2D eigenvalue weighted by molar-refractivity contribution is 5.97. The van der Waals surface area contributed by atoms with E-state index in [1.807, 2.05) is 0 Å². The van der Waals surface area contributed by atoms with Crippen molar-refractivity contribution in [3.63, 3.8) is 0 Å². The molecule has 0 aliphatic heterocycles. The quantitative estimate of drug-likeness (QED) is 0.371. The van der Waals surface area contributed by atoms with E-state index in [9.17, 15) is 27.5 Å². The second-order valence-corrected chi connectivity index (χ2v) is 7.73. The summed E-state index contributed by atoms with van der Waals surface area (Å²) in [6, 6.07) is 9.40. The lowest BCUT2D eigenvalue weighted by atomic mass is 9.98. The Kier molecular flexibility index (Phi) is 5.96. The molecule has 4 N–H and O–H groups in total. The number of alkyl halides is 2. The third-order valence-electron chi connectivity index (χ3n) is 5.29. The minimum atomic E-state index is -3.75. The van der Waals surface area contributed by atoms with Crippen LogP contribution in [0.1, 0.15) is 27.6 Å². The Balaban J connectivity index is 1.56. The van der Waals surface area contributed by atoms with Crippen molar-refractivity contribution in [1.29, 1.82) is 0 Å². The number of carbonyl (C=O) groups excluding carboxylic acids is 1. The van der Waals surface area contributed by atoms with Crippen molar-refractivity contribution in [2.75, 3.05) is 12.3 Å². The number of nitrogens with zero attached hydrogens (tertiary/aromatic N) is 3. The number of pyridine rings is 1. The Morgan fingerprint density at radius 2 is 1.88 bits per heavy atom. The number of carbonyl (C=O) groups is 1. The van der Waals surface area contributed by atoms with Gasteiger partial charge >= 0.3 is 0 Å². The van der Waals surface area contributed by atoms with Crippen molar-refractivity contribution in [3.8, 4) is 11.1 Å². The van der Waals surface area contributed by atoms with Crippen LogP contribution < -0.4 is 11.1 Å². The van der Waals surface area contributed by atoms with E-state index in [1.165, 1.54) is 29.8 Å². The summed E-state index contributed by atoms with van der Waals surface area (Å²) in [4.78, 5) is 16.7. The van der Waals surface area contributed by atoms with Gasteiger partial charge in [-0.3, -0.25) is 4.79 Å². The van der Waals surface area contributed by atoms with E-state index in [0.29, 0.717) is 11.2 Å². The van der Waals surface area contributed by atoms with Crippen LogP contribution in [-0.2, 0) is 0 Å².